The molecule has 238 valence electrons. The van der Waals surface area contributed by atoms with Gasteiger partial charge in [-0.3, -0.25) is 4.98 Å². The summed E-state index contributed by atoms with van der Waals surface area (Å²) in [6.45, 7) is 0. The van der Waals surface area contributed by atoms with E-state index in [-0.39, 0.29) is 0 Å². The van der Waals surface area contributed by atoms with Crippen LogP contribution < -0.4 is 0 Å². The fourth-order valence-electron chi connectivity index (χ4n) is 7.46. The smallest absolute Gasteiger partial charge is 0.167 e. The molecule has 0 saturated carbocycles. The van der Waals surface area contributed by atoms with Crippen LogP contribution >= 0.6 is 0 Å². The van der Waals surface area contributed by atoms with Crippen molar-refractivity contribution >= 4 is 65.8 Å². The van der Waals surface area contributed by atoms with Crippen LogP contribution in [0.15, 0.2) is 161 Å². The molecule has 0 aliphatic carbocycles. The normalized spacial score (nSPS) is 11.9. The fraction of sp³-hybridized carbons (Fsp3) is 0. The molecule has 6 aromatic carbocycles. The summed E-state index contributed by atoms with van der Waals surface area (Å²) in [5.41, 5.74) is 9.66. The average molecular weight is 656 g/mol. The van der Waals surface area contributed by atoms with Crippen LogP contribution in [0.4, 0.5) is 0 Å². The van der Waals surface area contributed by atoms with Gasteiger partial charge in [0.15, 0.2) is 23.1 Å². The summed E-state index contributed by atoms with van der Waals surface area (Å²) in [6.07, 6.45) is 1.78. The second-order valence-corrected chi connectivity index (χ2v) is 12.6. The quantitative estimate of drug-likeness (QED) is 0.188. The van der Waals surface area contributed by atoms with Gasteiger partial charge >= 0.3 is 0 Å². The van der Waals surface area contributed by atoms with E-state index < -0.39 is 0 Å². The first-order valence-corrected chi connectivity index (χ1v) is 16.8. The first-order valence-electron chi connectivity index (χ1n) is 16.8. The Morgan fingerprint density at radius 1 is 0.431 bits per heavy atom. The summed E-state index contributed by atoms with van der Waals surface area (Å²) in [6, 6.07) is 49.4. The lowest BCUT2D eigenvalue weighted by atomic mass is 10.1. The lowest BCUT2D eigenvalue weighted by Crippen LogP contribution is -2.01. The van der Waals surface area contributed by atoms with Crippen molar-refractivity contribution < 1.29 is 8.83 Å². The van der Waals surface area contributed by atoms with Gasteiger partial charge in [-0.15, -0.1) is 0 Å². The zero-order valence-electron chi connectivity index (χ0n) is 27.0. The summed E-state index contributed by atoms with van der Waals surface area (Å²) in [5, 5.41) is 5.32. The summed E-state index contributed by atoms with van der Waals surface area (Å²) >= 11 is 0. The van der Waals surface area contributed by atoms with Gasteiger partial charge in [-0.25, -0.2) is 15.0 Å². The second-order valence-electron chi connectivity index (χ2n) is 12.6. The average Bonchev–Trinajstić information content (AvgIpc) is 3.87. The maximum Gasteiger partial charge on any atom is 0.167 e. The Bertz CT molecular complexity index is 3100. The van der Waals surface area contributed by atoms with Gasteiger partial charge in [0.05, 0.1) is 16.6 Å². The lowest BCUT2D eigenvalue weighted by molar-refractivity contribution is 0.668. The minimum Gasteiger partial charge on any atom is -0.456 e. The van der Waals surface area contributed by atoms with Crippen molar-refractivity contribution in [3.05, 3.63) is 152 Å². The Hall–Kier alpha value is -7.12. The third kappa shape index (κ3) is 4.18. The van der Waals surface area contributed by atoms with Gasteiger partial charge in [0, 0.05) is 49.9 Å². The Balaban J connectivity index is 1.14. The van der Waals surface area contributed by atoms with E-state index in [9.17, 15) is 0 Å². The fourth-order valence-corrected chi connectivity index (χ4v) is 7.46. The van der Waals surface area contributed by atoms with Gasteiger partial charge in [0.25, 0.3) is 0 Å². The summed E-state index contributed by atoms with van der Waals surface area (Å²) in [4.78, 5) is 20.0. The molecular formula is C44H25N5O2. The van der Waals surface area contributed by atoms with Crippen molar-refractivity contribution in [2.24, 2.45) is 0 Å². The number of hydrogen-bond donors (Lipinski definition) is 0. The van der Waals surface area contributed by atoms with Crippen molar-refractivity contribution in [3.63, 3.8) is 0 Å². The molecule has 0 aliphatic heterocycles. The van der Waals surface area contributed by atoms with Crippen LogP contribution in [0.3, 0.4) is 0 Å². The topological polar surface area (TPSA) is 82.8 Å². The molecule has 0 spiro atoms. The molecule has 0 aliphatic rings. The maximum atomic E-state index is 6.39. The van der Waals surface area contributed by atoms with Gasteiger partial charge in [0.2, 0.25) is 0 Å². The first kappa shape index (κ1) is 27.8. The standard InChI is InChI=1S/C44H25N5O2/c1-4-16-34-28(10-1)29-11-2-5-17-35(29)49(34)27-23-21-26(22-24-27)42-46-43(31-13-8-19-37-39(31)30-12-3-6-18-36(30)50-37)48-44(47-42)33-15-7-14-32-40-38(51-41(32)33)20-9-25-45-40/h1-25H. The molecule has 0 atom stereocenters. The van der Waals surface area contributed by atoms with E-state index in [0.717, 1.165) is 66.3 Å². The molecule has 5 aromatic heterocycles. The van der Waals surface area contributed by atoms with Crippen molar-refractivity contribution in [1.82, 2.24) is 24.5 Å². The number of nitrogens with zero attached hydrogens (tertiary/aromatic N) is 5. The summed E-state index contributed by atoms with van der Waals surface area (Å²) in [5.74, 6) is 1.61. The highest BCUT2D eigenvalue weighted by Crippen LogP contribution is 2.39. The number of hydrogen-bond acceptors (Lipinski definition) is 6. The van der Waals surface area contributed by atoms with Crippen LogP contribution in [0.25, 0.3) is 106 Å². The Labute approximate surface area is 290 Å². The molecule has 11 rings (SSSR count). The van der Waals surface area contributed by atoms with E-state index in [4.69, 9.17) is 23.8 Å². The second kappa shape index (κ2) is 10.7. The van der Waals surface area contributed by atoms with Crippen LogP contribution in [0.2, 0.25) is 0 Å². The predicted octanol–water partition coefficient (Wildman–Crippen LogP) is 11.2. The molecule has 11 aromatic rings. The highest BCUT2D eigenvalue weighted by atomic mass is 16.3. The highest BCUT2D eigenvalue weighted by molar-refractivity contribution is 6.12. The number of para-hydroxylation sites is 4. The van der Waals surface area contributed by atoms with Gasteiger partial charge < -0.3 is 13.4 Å². The Kier molecular flexibility index (Phi) is 5.83. The summed E-state index contributed by atoms with van der Waals surface area (Å²) in [7, 11) is 0. The zero-order valence-corrected chi connectivity index (χ0v) is 27.0. The third-order valence-electron chi connectivity index (χ3n) is 9.74. The number of furan rings is 2. The molecule has 0 bridgehead atoms. The molecule has 0 amide bonds. The highest BCUT2D eigenvalue weighted by Gasteiger charge is 2.21. The molecule has 0 unspecified atom stereocenters. The molecule has 51 heavy (non-hydrogen) atoms. The van der Waals surface area contributed by atoms with E-state index in [1.165, 1.54) is 10.8 Å². The molecule has 0 N–H and O–H groups in total. The minimum atomic E-state index is 0.510. The molecule has 7 nitrogen and oxygen atoms in total. The first-order chi connectivity index (χ1) is 25.3. The monoisotopic (exact) mass is 655 g/mol. The third-order valence-corrected chi connectivity index (χ3v) is 9.74. The Morgan fingerprint density at radius 3 is 1.84 bits per heavy atom. The van der Waals surface area contributed by atoms with Crippen molar-refractivity contribution in [3.8, 4) is 39.9 Å². The largest absolute Gasteiger partial charge is 0.456 e. The zero-order chi connectivity index (χ0) is 33.5. The van der Waals surface area contributed by atoms with E-state index in [0.29, 0.717) is 28.6 Å². The van der Waals surface area contributed by atoms with Crippen LogP contribution in [-0.2, 0) is 0 Å². The van der Waals surface area contributed by atoms with E-state index in [1.54, 1.807) is 6.20 Å². The van der Waals surface area contributed by atoms with Crippen molar-refractivity contribution in [2.75, 3.05) is 0 Å². The van der Waals surface area contributed by atoms with Crippen molar-refractivity contribution in [2.45, 2.75) is 0 Å². The van der Waals surface area contributed by atoms with E-state index in [2.05, 4.69) is 88.4 Å². The molecule has 0 saturated heterocycles. The minimum absolute atomic E-state index is 0.510. The number of benzene rings is 6. The van der Waals surface area contributed by atoms with Gasteiger partial charge in [-0.05, 0) is 72.8 Å². The van der Waals surface area contributed by atoms with Crippen LogP contribution in [0, 0.1) is 0 Å². The van der Waals surface area contributed by atoms with Crippen molar-refractivity contribution in [1.29, 1.82) is 0 Å². The number of fused-ring (bicyclic) bond motifs is 9. The molecular weight excluding hydrogens is 631 g/mol. The predicted molar refractivity (Wildman–Crippen MR) is 203 cm³/mol. The number of rotatable bonds is 4. The maximum absolute atomic E-state index is 6.39. The number of aromatic nitrogens is 5. The molecule has 0 fully saturated rings. The van der Waals surface area contributed by atoms with Gasteiger partial charge in [-0.2, -0.15) is 0 Å². The van der Waals surface area contributed by atoms with E-state index in [1.807, 2.05) is 66.7 Å². The Morgan fingerprint density at radius 2 is 1.04 bits per heavy atom. The van der Waals surface area contributed by atoms with Gasteiger partial charge in [-0.1, -0.05) is 72.8 Å². The lowest BCUT2D eigenvalue weighted by Gasteiger charge is -2.11. The van der Waals surface area contributed by atoms with Gasteiger partial charge in [0.1, 0.15) is 22.3 Å². The van der Waals surface area contributed by atoms with Crippen LogP contribution in [0.1, 0.15) is 0 Å². The van der Waals surface area contributed by atoms with Crippen LogP contribution in [0.5, 0.6) is 0 Å². The SMILES string of the molecule is c1ccc2c(c1)oc1cccc(-c3nc(-c4ccc(-n5c6ccccc6c6ccccc65)cc4)nc(-c4cccc5c4oc4cccnc45)n3)c12. The van der Waals surface area contributed by atoms with Crippen LogP contribution in [-0.4, -0.2) is 24.5 Å². The summed E-state index contributed by atoms with van der Waals surface area (Å²) < 4.78 is 14.9. The molecule has 0 radical (unpaired) electrons. The molecule has 5 heterocycles. The molecule has 7 heteroatoms. The van der Waals surface area contributed by atoms with E-state index >= 15 is 0 Å². The number of pyridine rings is 1.